The summed E-state index contributed by atoms with van der Waals surface area (Å²) in [7, 11) is 1.71. The average Bonchev–Trinajstić information content (AvgIpc) is 3.35. The van der Waals surface area contributed by atoms with Crippen LogP contribution in [-0.4, -0.2) is 56.3 Å². The third kappa shape index (κ3) is 6.94. The summed E-state index contributed by atoms with van der Waals surface area (Å²) in [4.78, 5) is 7.16. The standard InChI is InChI=1S/C27H39N3O2/c1-31-26-8-6-23(21-27(26)32-18-4-17-30-15-2-3-16-30)19-24-11-14-29-25(20-24)7-5-22-9-12-28-13-10-22/h6,8,11,14,20-22,28H,2-5,7,9-10,12-13,15-19H2,1H3. The first-order valence-corrected chi connectivity index (χ1v) is 12.5. The van der Waals surface area contributed by atoms with Crippen LogP contribution in [0.3, 0.4) is 0 Å². The van der Waals surface area contributed by atoms with Crippen molar-refractivity contribution in [2.75, 3.05) is 46.4 Å². The Morgan fingerprint density at radius 3 is 2.66 bits per heavy atom. The molecule has 0 bridgehead atoms. The van der Waals surface area contributed by atoms with Gasteiger partial charge in [-0.05, 0) is 119 Å². The molecule has 5 nitrogen and oxygen atoms in total. The lowest BCUT2D eigenvalue weighted by Crippen LogP contribution is -2.27. The highest BCUT2D eigenvalue weighted by Crippen LogP contribution is 2.29. The molecule has 2 aliphatic heterocycles. The summed E-state index contributed by atoms with van der Waals surface area (Å²) in [6.07, 6.45) is 11.5. The molecule has 0 aliphatic carbocycles. The molecular formula is C27H39N3O2. The first kappa shape index (κ1) is 23.1. The second-order valence-electron chi connectivity index (χ2n) is 9.30. The van der Waals surface area contributed by atoms with E-state index in [0.717, 1.165) is 62.9 Å². The van der Waals surface area contributed by atoms with Gasteiger partial charge in [0, 0.05) is 18.4 Å². The number of nitrogens with zero attached hydrogens (tertiary/aromatic N) is 2. The number of pyridine rings is 1. The number of aromatic nitrogens is 1. The van der Waals surface area contributed by atoms with Crippen molar-refractivity contribution in [3.05, 3.63) is 53.3 Å². The van der Waals surface area contributed by atoms with E-state index in [1.54, 1.807) is 7.11 Å². The molecule has 0 unspecified atom stereocenters. The number of nitrogens with one attached hydrogen (secondary N) is 1. The predicted octanol–water partition coefficient (Wildman–Crippen LogP) is 4.48. The summed E-state index contributed by atoms with van der Waals surface area (Å²) in [6, 6.07) is 10.7. The van der Waals surface area contributed by atoms with E-state index in [1.807, 2.05) is 12.3 Å². The smallest absolute Gasteiger partial charge is 0.161 e. The first-order valence-electron chi connectivity index (χ1n) is 12.5. The molecule has 2 fully saturated rings. The van der Waals surface area contributed by atoms with Crippen LogP contribution in [0, 0.1) is 5.92 Å². The molecule has 32 heavy (non-hydrogen) atoms. The van der Waals surface area contributed by atoms with Crippen LogP contribution in [0.15, 0.2) is 36.5 Å². The number of benzene rings is 1. The van der Waals surface area contributed by atoms with Crippen molar-refractivity contribution in [2.45, 2.75) is 51.4 Å². The van der Waals surface area contributed by atoms with Gasteiger partial charge < -0.3 is 19.7 Å². The average molecular weight is 438 g/mol. The molecule has 2 aliphatic rings. The molecule has 1 aromatic heterocycles. The zero-order valence-electron chi connectivity index (χ0n) is 19.7. The number of aryl methyl sites for hydroxylation is 1. The number of piperidine rings is 1. The quantitative estimate of drug-likeness (QED) is 0.525. The second-order valence-corrected chi connectivity index (χ2v) is 9.30. The van der Waals surface area contributed by atoms with Gasteiger partial charge in [0.05, 0.1) is 13.7 Å². The molecule has 3 heterocycles. The zero-order valence-corrected chi connectivity index (χ0v) is 19.7. The highest BCUT2D eigenvalue weighted by Gasteiger charge is 2.14. The summed E-state index contributed by atoms with van der Waals surface area (Å²) < 4.78 is 11.7. The number of rotatable bonds is 11. The molecule has 2 aromatic rings. The van der Waals surface area contributed by atoms with Crippen molar-refractivity contribution in [1.29, 1.82) is 0 Å². The van der Waals surface area contributed by atoms with Crippen LogP contribution in [0.2, 0.25) is 0 Å². The molecule has 0 saturated carbocycles. The monoisotopic (exact) mass is 437 g/mol. The van der Waals surface area contributed by atoms with E-state index in [-0.39, 0.29) is 0 Å². The minimum absolute atomic E-state index is 0.729. The number of likely N-dealkylation sites (tertiary alicyclic amines) is 1. The largest absolute Gasteiger partial charge is 0.493 e. The Kier molecular flexibility index (Phi) is 8.80. The Morgan fingerprint density at radius 1 is 1.03 bits per heavy atom. The van der Waals surface area contributed by atoms with E-state index < -0.39 is 0 Å². The minimum atomic E-state index is 0.729. The van der Waals surface area contributed by atoms with Gasteiger partial charge in [-0.1, -0.05) is 6.07 Å². The molecule has 0 radical (unpaired) electrons. The summed E-state index contributed by atoms with van der Waals surface area (Å²) in [6.45, 7) is 6.66. The molecule has 2 saturated heterocycles. The molecule has 1 aromatic carbocycles. The molecular weight excluding hydrogens is 398 g/mol. The van der Waals surface area contributed by atoms with Crippen molar-refractivity contribution in [3.8, 4) is 11.5 Å². The lowest BCUT2D eigenvalue weighted by atomic mass is 9.92. The molecule has 1 N–H and O–H groups in total. The lowest BCUT2D eigenvalue weighted by Gasteiger charge is -2.22. The van der Waals surface area contributed by atoms with Gasteiger partial charge in [0.2, 0.25) is 0 Å². The van der Waals surface area contributed by atoms with Crippen LogP contribution >= 0.6 is 0 Å². The predicted molar refractivity (Wildman–Crippen MR) is 130 cm³/mol. The van der Waals surface area contributed by atoms with Gasteiger partial charge in [0.15, 0.2) is 11.5 Å². The van der Waals surface area contributed by atoms with Crippen molar-refractivity contribution < 1.29 is 9.47 Å². The molecule has 0 spiro atoms. The minimum Gasteiger partial charge on any atom is -0.493 e. The number of hydrogen-bond donors (Lipinski definition) is 1. The first-order chi connectivity index (χ1) is 15.8. The Hall–Kier alpha value is -2.11. The Bertz CT molecular complexity index is 829. The summed E-state index contributed by atoms with van der Waals surface area (Å²) in [5.74, 6) is 2.51. The topological polar surface area (TPSA) is 46.6 Å². The maximum Gasteiger partial charge on any atom is 0.161 e. The normalized spacial score (nSPS) is 17.5. The highest BCUT2D eigenvalue weighted by atomic mass is 16.5. The molecule has 0 amide bonds. The van der Waals surface area contributed by atoms with Gasteiger partial charge >= 0.3 is 0 Å². The van der Waals surface area contributed by atoms with Gasteiger partial charge in [-0.15, -0.1) is 0 Å². The SMILES string of the molecule is COc1ccc(Cc2ccnc(CCC3CCNCC3)c2)cc1OCCCN1CCCC1. The molecule has 4 rings (SSSR count). The van der Waals surface area contributed by atoms with Crippen LogP contribution in [0.25, 0.3) is 0 Å². The van der Waals surface area contributed by atoms with E-state index in [1.165, 1.54) is 62.0 Å². The maximum atomic E-state index is 6.13. The summed E-state index contributed by atoms with van der Waals surface area (Å²) in [5, 5.41) is 3.45. The molecule has 174 valence electrons. The van der Waals surface area contributed by atoms with Crippen LogP contribution < -0.4 is 14.8 Å². The Morgan fingerprint density at radius 2 is 1.84 bits per heavy atom. The highest BCUT2D eigenvalue weighted by molar-refractivity contribution is 5.44. The van der Waals surface area contributed by atoms with Crippen molar-refractivity contribution in [3.63, 3.8) is 0 Å². The summed E-state index contributed by atoms with van der Waals surface area (Å²) in [5.41, 5.74) is 3.77. The molecule has 0 atom stereocenters. The van der Waals surface area contributed by atoms with Gasteiger partial charge in [-0.25, -0.2) is 0 Å². The van der Waals surface area contributed by atoms with Gasteiger partial charge in [0.1, 0.15) is 0 Å². The third-order valence-corrected chi connectivity index (χ3v) is 6.86. The fourth-order valence-corrected chi connectivity index (χ4v) is 4.95. The maximum absolute atomic E-state index is 6.13. The van der Waals surface area contributed by atoms with E-state index in [4.69, 9.17) is 9.47 Å². The fourth-order valence-electron chi connectivity index (χ4n) is 4.95. The van der Waals surface area contributed by atoms with Crippen LogP contribution in [0.1, 0.15) is 55.3 Å². The van der Waals surface area contributed by atoms with E-state index in [9.17, 15) is 0 Å². The fraction of sp³-hybridized carbons (Fsp3) is 0.593. The lowest BCUT2D eigenvalue weighted by molar-refractivity contribution is 0.254. The van der Waals surface area contributed by atoms with E-state index in [0.29, 0.717) is 0 Å². The van der Waals surface area contributed by atoms with Gasteiger partial charge in [-0.2, -0.15) is 0 Å². The molecule has 5 heteroatoms. The van der Waals surface area contributed by atoms with E-state index >= 15 is 0 Å². The Labute approximate surface area is 193 Å². The Balaban J connectivity index is 1.31. The van der Waals surface area contributed by atoms with Crippen LogP contribution in [0.5, 0.6) is 11.5 Å². The van der Waals surface area contributed by atoms with Crippen LogP contribution in [-0.2, 0) is 12.8 Å². The van der Waals surface area contributed by atoms with Gasteiger partial charge in [0.25, 0.3) is 0 Å². The second kappa shape index (κ2) is 12.2. The zero-order chi connectivity index (χ0) is 22.0. The van der Waals surface area contributed by atoms with E-state index in [2.05, 4.69) is 39.5 Å². The number of ether oxygens (including phenoxy) is 2. The number of hydrogen-bond acceptors (Lipinski definition) is 5. The van der Waals surface area contributed by atoms with Crippen molar-refractivity contribution in [2.24, 2.45) is 5.92 Å². The number of methoxy groups -OCH3 is 1. The van der Waals surface area contributed by atoms with Crippen molar-refractivity contribution in [1.82, 2.24) is 15.2 Å². The van der Waals surface area contributed by atoms with Gasteiger partial charge in [-0.3, -0.25) is 4.98 Å². The van der Waals surface area contributed by atoms with Crippen LogP contribution in [0.4, 0.5) is 0 Å². The van der Waals surface area contributed by atoms with Crippen molar-refractivity contribution >= 4 is 0 Å². The third-order valence-electron chi connectivity index (χ3n) is 6.86. The summed E-state index contributed by atoms with van der Waals surface area (Å²) >= 11 is 0.